The molecule has 0 aromatic heterocycles. The van der Waals surface area contributed by atoms with E-state index in [0.29, 0.717) is 6.61 Å². The average molecular weight is 258 g/mol. The molecule has 0 spiro atoms. The van der Waals surface area contributed by atoms with Gasteiger partial charge in [-0.2, -0.15) is 0 Å². The van der Waals surface area contributed by atoms with Crippen molar-refractivity contribution in [3.63, 3.8) is 0 Å². The quantitative estimate of drug-likeness (QED) is 0.410. The van der Waals surface area contributed by atoms with Crippen LogP contribution in [0.15, 0.2) is 0 Å². The number of hydrogen-bond acceptors (Lipinski definition) is 1. The van der Waals surface area contributed by atoms with Gasteiger partial charge in [0.15, 0.2) is 0 Å². The van der Waals surface area contributed by atoms with Crippen molar-refractivity contribution in [2.75, 3.05) is 52.4 Å². The fraction of sp³-hybridized carbons (Fsp3) is 1.00. The van der Waals surface area contributed by atoms with Crippen molar-refractivity contribution in [3.8, 4) is 0 Å². The molecular formula is C14H32N3O+3. The van der Waals surface area contributed by atoms with E-state index in [1.807, 2.05) is 4.90 Å². The Bertz CT molecular complexity index is 231. The summed E-state index contributed by atoms with van der Waals surface area (Å²) < 4.78 is 0. The van der Waals surface area contributed by atoms with Gasteiger partial charge in [-0.15, -0.1) is 0 Å². The van der Waals surface area contributed by atoms with Crippen LogP contribution in [-0.2, 0) is 0 Å². The number of rotatable bonds is 4. The van der Waals surface area contributed by atoms with Crippen molar-refractivity contribution in [3.05, 3.63) is 0 Å². The highest BCUT2D eigenvalue weighted by molar-refractivity contribution is 4.61. The van der Waals surface area contributed by atoms with Gasteiger partial charge >= 0.3 is 0 Å². The standard InChI is InChI=1S/C14H29N3O/c1-13(2)16-5-3-14(4-6-16)17-9-7-15(8-10-17)11-12-18/h13-14,18H,3-12H2,1-2H3/p+3. The summed E-state index contributed by atoms with van der Waals surface area (Å²) in [5.41, 5.74) is 0. The first-order chi connectivity index (χ1) is 8.70. The smallest absolute Gasteiger partial charge is 0.127 e. The summed E-state index contributed by atoms with van der Waals surface area (Å²) in [5.74, 6) is 0. The molecule has 0 unspecified atom stereocenters. The van der Waals surface area contributed by atoms with Crippen molar-refractivity contribution in [2.45, 2.75) is 38.8 Å². The number of piperazine rings is 1. The second-order valence-corrected chi connectivity index (χ2v) is 6.47. The molecule has 4 nitrogen and oxygen atoms in total. The van der Waals surface area contributed by atoms with E-state index in [1.54, 1.807) is 9.80 Å². The predicted molar refractivity (Wildman–Crippen MR) is 72.2 cm³/mol. The van der Waals surface area contributed by atoms with Crippen molar-refractivity contribution in [1.82, 2.24) is 0 Å². The third kappa shape index (κ3) is 3.67. The topological polar surface area (TPSA) is 33.5 Å². The molecule has 0 aromatic carbocycles. The lowest BCUT2D eigenvalue weighted by Gasteiger charge is -2.38. The highest BCUT2D eigenvalue weighted by atomic mass is 16.3. The van der Waals surface area contributed by atoms with Gasteiger partial charge in [0.1, 0.15) is 32.7 Å². The van der Waals surface area contributed by atoms with Gasteiger partial charge in [-0.25, -0.2) is 0 Å². The highest BCUT2D eigenvalue weighted by Gasteiger charge is 2.33. The molecule has 0 bridgehead atoms. The van der Waals surface area contributed by atoms with Crippen molar-refractivity contribution in [2.24, 2.45) is 0 Å². The van der Waals surface area contributed by atoms with Crippen LogP contribution in [0.25, 0.3) is 0 Å². The lowest BCUT2D eigenvalue weighted by Crippen LogP contribution is -3.30. The number of piperidine rings is 1. The molecule has 4 N–H and O–H groups in total. The van der Waals surface area contributed by atoms with Crippen LogP contribution in [0.5, 0.6) is 0 Å². The first kappa shape index (κ1) is 14.3. The lowest BCUT2D eigenvalue weighted by atomic mass is 10.0. The van der Waals surface area contributed by atoms with E-state index in [-0.39, 0.29) is 0 Å². The van der Waals surface area contributed by atoms with Gasteiger partial charge in [-0.1, -0.05) is 0 Å². The summed E-state index contributed by atoms with van der Waals surface area (Å²) in [5, 5.41) is 8.98. The maximum atomic E-state index is 8.98. The molecule has 2 rings (SSSR count). The normalized spacial score (nSPS) is 38.0. The summed E-state index contributed by atoms with van der Waals surface area (Å²) >= 11 is 0. The minimum absolute atomic E-state index is 0.348. The summed E-state index contributed by atoms with van der Waals surface area (Å²) in [6, 6.07) is 1.72. The van der Waals surface area contributed by atoms with E-state index < -0.39 is 0 Å². The zero-order chi connectivity index (χ0) is 13.0. The van der Waals surface area contributed by atoms with Gasteiger partial charge in [0, 0.05) is 12.8 Å². The Morgan fingerprint density at radius 2 is 1.61 bits per heavy atom. The monoisotopic (exact) mass is 258 g/mol. The van der Waals surface area contributed by atoms with Gasteiger partial charge in [0.05, 0.1) is 31.8 Å². The molecule has 0 saturated carbocycles. The number of hydrogen-bond donors (Lipinski definition) is 4. The second-order valence-electron chi connectivity index (χ2n) is 6.47. The Morgan fingerprint density at radius 1 is 1.00 bits per heavy atom. The fourth-order valence-corrected chi connectivity index (χ4v) is 3.72. The second kappa shape index (κ2) is 6.85. The van der Waals surface area contributed by atoms with Crippen LogP contribution >= 0.6 is 0 Å². The largest absolute Gasteiger partial charge is 0.391 e. The molecule has 2 aliphatic heterocycles. The third-order valence-corrected chi connectivity index (χ3v) is 5.09. The summed E-state index contributed by atoms with van der Waals surface area (Å²) in [4.78, 5) is 5.25. The lowest BCUT2D eigenvalue weighted by molar-refractivity contribution is -1.03. The molecule has 2 aliphatic rings. The zero-order valence-electron chi connectivity index (χ0n) is 12.2. The highest BCUT2D eigenvalue weighted by Crippen LogP contribution is 1.96. The van der Waals surface area contributed by atoms with Gasteiger partial charge < -0.3 is 19.8 Å². The molecule has 0 amide bonds. The van der Waals surface area contributed by atoms with Crippen LogP contribution in [0.3, 0.4) is 0 Å². The number of quaternary nitrogens is 3. The van der Waals surface area contributed by atoms with Gasteiger partial charge in [-0.05, 0) is 13.8 Å². The molecule has 0 radical (unpaired) electrons. The van der Waals surface area contributed by atoms with Crippen LogP contribution < -0.4 is 14.7 Å². The van der Waals surface area contributed by atoms with E-state index in [9.17, 15) is 0 Å². The molecule has 2 heterocycles. The number of aliphatic hydroxyl groups is 1. The van der Waals surface area contributed by atoms with Crippen molar-refractivity contribution >= 4 is 0 Å². The molecule has 4 heteroatoms. The minimum Gasteiger partial charge on any atom is -0.391 e. The van der Waals surface area contributed by atoms with Crippen LogP contribution in [-0.4, -0.2) is 69.6 Å². The van der Waals surface area contributed by atoms with Gasteiger partial charge in [-0.3, -0.25) is 0 Å². The Hall–Kier alpha value is -0.160. The van der Waals surface area contributed by atoms with E-state index in [0.717, 1.165) is 18.6 Å². The molecule has 2 fully saturated rings. The van der Waals surface area contributed by atoms with Gasteiger partial charge in [0.2, 0.25) is 0 Å². The van der Waals surface area contributed by atoms with Crippen molar-refractivity contribution < 1.29 is 19.8 Å². The molecule has 0 aromatic rings. The summed E-state index contributed by atoms with van der Waals surface area (Å²) in [6.45, 7) is 13.9. The molecular weight excluding hydrogens is 226 g/mol. The summed E-state index contributed by atoms with van der Waals surface area (Å²) in [6.07, 6.45) is 2.83. The molecule has 106 valence electrons. The SMILES string of the molecule is CC(C)[NH+]1CCC([NH+]2CC[NH+](CCO)CC2)CC1. The fourth-order valence-electron chi connectivity index (χ4n) is 3.72. The molecule has 0 aliphatic carbocycles. The first-order valence-electron chi connectivity index (χ1n) is 7.84. The summed E-state index contributed by atoms with van der Waals surface area (Å²) in [7, 11) is 0. The molecule has 18 heavy (non-hydrogen) atoms. The first-order valence-corrected chi connectivity index (χ1v) is 7.84. The van der Waals surface area contributed by atoms with E-state index in [1.165, 1.54) is 52.1 Å². The number of aliphatic hydroxyl groups excluding tert-OH is 1. The van der Waals surface area contributed by atoms with E-state index in [2.05, 4.69) is 13.8 Å². The van der Waals surface area contributed by atoms with Crippen LogP contribution in [0, 0.1) is 0 Å². The molecule has 0 atom stereocenters. The Labute approximate surface area is 112 Å². The average Bonchev–Trinajstić information content (AvgIpc) is 2.40. The maximum Gasteiger partial charge on any atom is 0.127 e. The minimum atomic E-state index is 0.348. The van der Waals surface area contributed by atoms with Crippen LogP contribution in [0.1, 0.15) is 26.7 Å². The van der Waals surface area contributed by atoms with E-state index >= 15 is 0 Å². The number of nitrogens with one attached hydrogen (secondary N) is 3. The van der Waals surface area contributed by atoms with Crippen LogP contribution in [0.2, 0.25) is 0 Å². The number of likely N-dealkylation sites (tertiary alicyclic amines) is 1. The Kier molecular flexibility index (Phi) is 5.42. The Balaban J connectivity index is 1.71. The maximum absolute atomic E-state index is 8.98. The van der Waals surface area contributed by atoms with E-state index in [4.69, 9.17) is 5.11 Å². The predicted octanol–water partition coefficient (Wildman–Crippen LogP) is -3.78. The van der Waals surface area contributed by atoms with Crippen molar-refractivity contribution in [1.29, 1.82) is 0 Å². The Morgan fingerprint density at radius 3 is 2.11 bits per heavy atom. The molecule has 2 saturated heterocycles. The third-order valence-electron chi connectivity index (χ3n) is 5.09. The van der Waals surface area contributed by atoms with Crippen LogP contribution in [0.4, 0.5) is 0 Å². The zero-order valence-corrected chi connectivity index (χ0v) is 12.2. The van der Waals surface area contributed by atoms with Gasteiger partial charge in [0.25, 0.3) is 0 Å².